The van der Waals surface area contributed by atoms with Gasteiger partial charge in [0.15, 0.2) is 0 Å². The number of rotatable bonds is 5. The van der Waals surface area contributed by atoms with Gasteiger partial charge in [0.1, 0.15) is 22.4 Å². The van der Waals surface area contributed by atoms with Gasteiger partial charge in [-0.15, -0.1) is 11.3 Å². The molecule has 0 saturated carbocycles. The number of nitrogens with one attached hydrogen (secondary N) is 1. The minimum absolute atomic E-state index is 0.0617. The topological polar surface area (TPSA) is 61.5 Å². The maximum absolute atomic E-state index is 12.1. The molecule has 136 valence electrons. The number of aromatic nitrogens is 2. The molecule has 2 aromatic heterocycles. The van der Waals surface area contributed by atoms with Crippen molar-refractivity contribution in [3.63, 3.8) is 0 Å². The minimum Gasteiger partial charge on any atom is -0.485 e. The van der Waals surface area contributed by atoms with Crippen LogP contribution in [-0.2, 0) is 6.54 Å². The molecular weight excluding hydrogens is 348 g/mol. The smallest absolute Gasteiger partial charge is 0.268 e. The van der Waals surface area contributed by atoms with Crippen molar-refractivity contribution in [1.82, 2.24) is 14.9 Å². The lowest BCUT2D eigenvalue weighted by Gasteiger charge is -2.37. The van der Waals surface area contributed by atoms with Gasteiger partial charge in [0, 0.05) is 13.1 Å². The third-order valence-corrected chi connectivity index (χ3v) is 5.51. The highest BCUT2D eigenvalue weighted by molar-refractivity contribution is 7.17. The van der Waals surface area contributed by atoms with Crippen molar-refractivity contribution in [1.29, 1.82) is 0 Å². The van der Waals surface area contributed by atoms with Crippen LogP contribution in [0.4, 0.5) is 5.69 Å². The van der Waals surface area contributed by atoms with E-state index in [1.807, 2.05) is 36.7 Å². The molecule has 1 N–H and O–H groups in total. The summed E-state index contributed by atoms with van der Waals surface area (Å²) < 4.78 is 6.86. The first-order chi connectivity index (χ1) is 12.6. The maximum Gasteiger partial charge on any atom is 0.268 e. The second-order valence-corrected chi connectivity index (χ2v) is 7.51. The summed E-state index contributed by atoms with van der Waals surface area (Å²) >= 11 is 1.42. The lowest BCUT2D eigenvalue weighted by Crippen LogP contribution is -2.45. The molecule has 6 nitrogen and oxygen atoms in total. The number of H-pyrrole nitrogens is 1. The average Bonchev–Trinajstić information content (AvgIpc) is 3.10. The summed E-state index contributed by atoms with van der Waals surface area (Å²) in [6.07, 6.45) is 0.0754. The summed E-state index contributed by atoms with van der Waals surface area (Å²) in [5.41, 5.74) is 1.86. The summed E-state index contributed by atoms with van der Waals surface area (Å²) in [7, 11) is 2.03. The first-order valence-corrected chi connectivity index (χ1v) is 9.67. The van der Waals surface area contributed by atoms with Crippen molar-refractivity contribution in [2.75, 3.05) is 31.6 Å². The van der Waals surface area contributed by atoms with Gasteiger partial charge in [0.2, 0.25) is 0 Å². The average molecular weight is 370 g/mol. The molecule has 7 heteroatoms. The van der Waals surface area contributed by atoms with Crippen LogP contribution in [0.15, 0.2) is 40.5 Å². The Hall–Kier alpha value is -2.38. The van der Waals surface area contributed by atoms with E-state index >= 15 is 0 Å². The Kier molecular flexibility index (Phi) is 4.65. The summed E-state index contributed by atoms with van der Waals surface area (Å²) in [5.74, 6) is 1.62. The molecule has 3 aromatic rings. The number of thiophene rings is 1. The molecule has 1 aromatic carbocycles. The fourth-order valence-electron chi connectivity index (χ4n) is 3.44. The Morgan fingerprint density at radius 3 is 3.08 bits per heavy atom. The molecule has 1 atom stereocenters. The zero-order valence-corrected chi connectivity index (χ0v) is 15.8. The molecule has 0 saturated heterocycles. The highest BCUT2D eigenvalue weighted by atomic mass is 32.1. The highest BCUT2D eigenvalue weighted by Gasteiger charge is 2.25. The van der Waals surface area contributed by atoms with Crippen molar-refractivity contribution < 1.29 is 4.74 Å². The fraction of sp³-hybridized carbons (Fsp3) is 0.368. The van der Waals surface area contributed by atoms with Crippen molar-refractivity contribution in [2.45, 2.75) is 19.6 Å². The number of likely N-dealkylation sites (N-methyl/N-ethyl adjacent to an activating group) is 2. The van der Waals surface area contributed by atoms with Crippen LogP contribution in [0, 0.1) is 0 Å². The molecule has 0 aliphatic carbocycles. The Morgan fingerprint density at radius 1 is 1.38 bits per heavy atom. The maximum atomic E-state index is 12.1. The van der Waals surface area contributed by atoms with Gasteiger partial charge in [-0.1, -0.05) is 12.1 Å². The number of benzene rings is 1. The second-order valence-electron chi connectivity index (χ2n) is 6.59. The van der Waals surface area contributed by atoms with Crippen LogP contribution >= 0.6 is 11.3 Å². The van der Waals surface area contributed by atoms with Gasteiger partial charge in [-0.3, -0.25) is 9.69 Å². The lowest BCUT2D eigenvalue weighted by atomic mass is 10.2. The second kappa shape index (κ2) is 7.09. The third-order valence-electron chi connectivity index (χ3n) is 4.60. The van der Waals surface area contributed by atoms with E-state index < -0.39 is 0 Å². The van der Waals surface area contributed by atoms with Gasteiger partial charge in [0.25, 0.3) is 5.56 Å². The van der Waals surface area contributed by atoms with E-state index in [0.717, 1.165) is 36.6 Å². The Labute approximate surface area is 156 Å². The quantitative estimate of drug-likeness (QED) is 0.748. The van der Waals surface area contributed by atoms with Gasteiger partial charge < -0.3 is 14.6 Å². The van der Waals surface area contributed by atoms with Gasteiger partial charge >= 0.3 is 0 Å². The molecule has 0 spiro atoms. The molecule has 0 bridgehead atoms. The first-order valence-electron chi connectivity index (χ1n) is 8.79. The molecule has 0 unspecified atom stereocenters. The van der Waals surface area contributed by atoms with E-state index in [4.69, 9.17) is 4.74 Å². The number of anilines is 1. The number of hydrogen-bond acceptors (Lipinski definition) is 6. The largest absolute Gasteiger partial charge is 0.485 e. The molecular formula is C19H22N4O2S. The zero-order valence-electron chi connectivity index (χ0n) is 14.9. The summed E-state index contributed by atoms with van der Waals surface area (Å²) in [6.45, 7) is 5.30. The number of hydrogen-bond donors (Lipinski definition) is 1. The predicted molar refractivity (Wildman–Crippen MR) is 105 cm³/mol. The molecule has 3 heterocycles. The van der Waals surface area contributed by atoms with E-state index in [0.29, 0.717) is 17.1 Å². The third kappa shape index (κ3) is 3.32. The van der Waals surface area contributed by atoms with E-state index in [1.165, 1.54) is 11.3 Å². The number of ether oxygens (including phenoxy) is 1. The summed E-state index contributed by atoms with van der Waals surface area (Å²) in [6, 6.07) is 10.1. The van der Waals surface area contributed by atoms with E-state index in [2.05, 4.69) is 32.8 Å². The summed E-state index contributed by atoms with van der Waals surface area (Å²) in [5, 5.41) is 1.90. The standard InChI is InChI=1S/C19H22N4O2S/c1-3-23-11-13(25-16-7-5-4-6-15(16)23)10-22(2)12-17-20-14-8-9-26-18(14)19(24)21-17/h4-9,13H,3,10-12H2,1-2H3,(H,20,21,24)/t13-/m0/s1. The van der Waals surface area contributed by atoms with Crippen LogP contribution in [0.5, 0.6) is 5.75 Å². The highest BCUT2D eigenvalue weighted by Crippen LogP contribution is 2.32. The van der Waals surface area contributed by atoms with Gasteiger partial charge in [-0.05, 0) is 37.6 Å². The Balaban J connectivity index is 1.46. The van der Waals surface area contributed by atoms with Gasteiger partial charge in [-0.2, -0.15) is 0 Å². The normalized spacial score (nSPS) is 16.7. The fourth-order valence-corrected chi connectivity index (χ4v) is 4.16. The molecule has 0 radical (unpaired) electrons. The SMILES string of the molecule is CCN1C[C@H](CN(C)Cc2nc3ccsc3c(=O)[nH]2)Oc2ccccc21. The van der Waals surface area contributed by atoms with Crippen LogP contribution in [0.3, 0.4) is 0 Å². The van der Waals surface area contributed by atoms with E-state index in [9.17, 15) is 4.79 Å². The van der Waals surface area contributed by atoms with E-state index in [1.54, 1.807) is 0 Å². The minimum atomic E-state index is -0.0617. The van der Waals surface area contributed by atoms with Crippen LogP contribution < -0.4 is 15.2 Å². The molecule has 0 fully saturated rings. The van der Waals surface area contributed by atoms with Crippen molar-refractivity contribution >= 4 is 27.2 Å². The molecule has 4 rings (SSSR count). The molecule has 26 heavy (non-hydrogen) atoms. The van der Waals surface area contributed by atoms with Gasteiger partial charge in [0.05, 0.1) is 24.3 Å². The van der Waals surface area contributed by atoms with Crippen LogP contribution in [-0.4, -0.2) is 47.7 Å². The van der Waals surface area contributed by atoms with Crippen molar-refractivity contribution in [2.24, 2.45) is 0 Å². The first kappa shape index (κ1) is 17.1. The van der Waals surface area contributed by atoms with Crippen molar-refractivity contribution in [3.8, 4) is 5.75 Å². The van der Waals surface area contributed by atoms with Crippen LogP contribution in [0.25, 0.3) is 10.2 Å². The van der Waals surface area contributed by atoms with E-state index in [-0.39, 0.29) is 11.7 Å². The van der Waals surface area contributed by atoms with Crippen molar-refractivity contribution in [3.05, 3.63) is 51.9 Å². The van der Waals surface area contributed by atoms with Crippen LogP contribution in [0.1, 0.15) is 12.7 Å². The number of nitrogens with zero attached hydrogens (tertiary/aromatic N) is 3. The molecule has 1 aliphatic heterocycles. The zero-order chi connectivity index (χ0) is 18.1. The number of aromatic amines is 1. The lowest BCUT2D eigenvalue weighted by molar-refractivity contribution is 0.138. The predicted octanol–water partition coefficient (Wildman–Crippen LogP) is 2.70. The van der Waals surface area contributed by atoms with Crippen LogP contribution in [0.2, 0.25) is 0 Å². The Bertz CT molecular complexity index is 967. The number of fused-ring (bicyclic) bond motifs is 2. The summed E-state index contributed by atoms with van der Waals surface area (Å²) in [4.78, 5) is 24.0. The number of para-hydroxylation sites is 2. The van der Waals surface area contributed by atoms with Gasteiger partial charge in [-0.25, -0.2) is 4.98 Å². The molecule has 0 amide bonds. The molecule has 1 aliphatic rings. The Morgan fingerprint density at radius 2 is 2.23 bits per heavy atom. The monoisotopic (exact) mass is 370 g/mol.